The van der Waals surface area contributed by atoms with Crippen molar-refractivity contribution in [3.05, 3.63) is 35.1 Å². The van der Waals surface area contributed by atoms with Crippen molar-refractivity contribution in [2.75, 3.05) is 13.1 Å². The van der Waals surface area contributed by atoms with Crippen LogP contribution in [0.1, 0.15) is 37.8 Å². The molecule has 0 aliphatic carbocycles. The Morgan fingerprint density at radius 3 is 2.35 bits per heavy atom. The van der Waals surface area contributed by atoms with Crippen LogP contribution >= 0.6 is 0 Å². The smallest absolute Gasteiger partial charge is 0.127 e. The molecule has 0 saturated carbocycles. The number of halogens is 1. The van der Waals surface area contributed by atoms with Gasteiger partial charge in [0.25, 0.3) is 0 Å². The summed E-state index contributed by atoms with van der Waals surface area (Å²) < 4.78 is 13.7. The van der Waals surface area contributed by atoms with Gasteiger partial charge in [-0.15, -0.1) is 0 Å². The van der Waals surface area contributed by atoms with Gasteiger partial charge in [-0.3, -0.25) is 4.90 Å². The van der Waals surface area contributed by atoms with Crippen molar-refractivity contribution in [3.8, 4) is 0 Å². The fraction of sp³-hybridized carbons (Fsp3) is 0.571. The molecule has 0 fully saturated rings. The monoisotopic (exact) mass is 238 g/mol. The molecule has 0 aliphatic heterocycles. The van der Waals surface area contributed by atoms with Gasteiger partial charge in [-0.1, -0.05) is 26.0 Å². The Hall–Kier alpha value is -0.930. The molecule has 0 aromatic heterocycles. The predicted octanol–water partition coefficient (Wildman–Crippen LogP) is 2.91. The average Bonchev–Trinajstić information content (AvgIpc) is 2.32. The van der Waals surface area contributed by atoms with Crippen LogP contribution in [0.2, 0.25) is 0 Å². The van der Waals surface area contributed by atoms with Crippen molar-refractivity contribution in [1.82, 2.24) is 4.90 Å². The van der Waals surface area contributed by atoms with Gasteiger partial charge in [0.1, 0.15) is 5.82 Å². The maximum Gasteiger partial charge on any atom is 0.127 e. The van der Waals surface area contributed by atoms with E-state index in [-0.39, 0.29) is 5.82 Å². The molecule has 0 radical (unpaired) electrons. The molecule has 0 amide bonds. The quantitative estimate of drug-likeness (QED) is 0.791. The van der Waals surface area contributed by atoms with Crippen molar-refractivity contribution >= 4 is 0 Å². The van der Waals surface area contributed by atoms with Gasteiger partial charge in [0, 0.05) is 18.7 Å². The van der Waals surface area contributed by atoms with E-state index in [0.717, 1.165) is 37.1 Å². The molecule has 0 heterocycles. The van der Waals surface area contributed by atoms with Gasteiger partial charge in [-0.2, -0.15) is 0 Å². The molecule has 0 unspecified atom stereocenters. The lowest BCUT2D eigenvalue weighted by molar-refractivity contribution is 0.262. The summed E-state index contributed by atoms with van der Waals surface area (Å²) in [6, 6.07) is 5.16. The second kappa shape index (κ2) is 7.41. The second-order valence-electron chi connectivity index (χ2n) is 4.41. The first kappa shape index (κ1) is 14.1. The van der Waals surface area contributed by atoms with Gasteiger partial charge in [-0.05, 0) is 37.6 Å². The lowest BCUT2D eigenvalue weighted by Crippen LogP contribution is -2.25. The Balaban J connectivity index is 2.76. The first-order chi connectivity index (χ1) is 8.21. The van der Waals surface area contributed by atoms with Gasteiger partial charge < -0.3 is 5.73 Å². The minimum atomic E-state index is -0.126. The number of hydrogen-bond acceptors (Lipinski definition) is 2. The standard InChI is InChI=1S/C14H23FN2/c1-3-7-17(8-4-2)11-13-9-12(10-16)5-6-14(13)15/h5-6,9H,3-4,7-8,10-11,16H2,1-2H3. The lowest BCUT2D eigenvalue weighted by Gasteiger charge is -2.21. The van der Waals surface area contributed by atoms with E-state index in [1.54, 1.807) is 6.07 Å². The molecule has 1 rings (SSSR count). The number of hydrogen-bond donors (Lipinski definition) is 1. The van der Waals surface area contributed by atoms with E-state index in [1.807, 2.05) is 6.07 Å². The van der Waals surface area contributed by atoms with E-state index >= 15 is 0 Å². The zero-order valence-corrected chi connectivity index (χ0v) is 10.9. The summed E-state index contributed by atoms with van der Waals surface area (Å²) in [5.41, 5.74) is 7.33. The summed E-state index contributed by atoms with van der Waals surface area (Å²) in [7, 11) is 0. The predicted molar refractivity (Wildman–Crippen MR) is 70.2 cm³/mol. The molecular weight excluding hydrogens is 215 g/mol. The number of benzene rings is 1. The zero-order chi connectivity index (χ0) is 12.7. The van der Waals surface area contributed by atoms with Crippen LogP contribution < -0.4 is 5.73 Å². The molecule has 0 aliphatic rings. The summed E-state index contributed by atoms with van der Waals surface area (Å²) in [4.78, 5) is 2.29. The second-order valence-corrected chi connectivity index (χ2v) is 4.41. The molecule has 96 valence electrons. The molecule has 1 aromatic rings. The van der Waals surface area contributed by atoms with Crippen LogP contribution in [0.4, 0.5) is 4.39 Å². The van der Waals surface area contributed by atoms with Crippen LogP contribution in [0.5, 0.6) is 0 Å². The molecule has 0 saturated heterocycles. The lowest BCUT2D eigenvalue weighted by atomic mass is 10.1. The Kier molecular flexibility index (Phi) is 6.16. The third kappa shape index (κ3) is 4.44. The largest absolute Gasteiger partial charge is 0.326 e. The zero-order valence-electron chi connectivity index (χ0n) is 10.9. The van der Waals surface area contributed by atoms with E-state index < -0.39 is 0 Å². The van der Waals surface area contributed by atoms with Crippen LogP contribution in [0.15, 0.2) is 18.2 Å². The highest BCUT2D eigenvalue weighted by molar-refractivity contribution is 5.25. The normalized spacial score (nSPS) is 11.1. The van der Waals surface area contributed by atoms with Gasteiger partial charge >= 0.3 is 0 Å². The van der Waals surface area contributed by atoms with Crippen LogP contribution in [-0.4, -0.2) is 18.0 Å². The van der Waals surface area contributed by atoms with E-state index in [9.17, 15) is 4.39 Å². The van der Waals surface area contributed by atoms with Gasteiger partial charge in [0.05, 0.1) is 0 Å². The molecule has 0 spiro atoms. The number of rotatable bonds is 7. The highest BCUT2D eigenvalue weighted by Gasteiger charge is 2.08. The summed E-state index contributed by atoms with van der Waals surface area (Å²) in [5, 5.41) is 0. The third-order valence-corrected chi connectivity index (χ3v) is 2.82. The van der Waals surface area contributed by atoms with Crippen LogP contribution in [0.3, 0.4) is 0 Å². The number of nitrogens with two attached hydrogens (primary N) is 1. The van der Waals surface area contributed by atoms with Crippen molar-refractivity contribution in [2.24, 2.45) is 5.73 Å². The van der Waals surface area contributed by atoms with Gasteiger partial charge in [0.2, 0.25) is 0 Å². The fourth-order valence-electron chi connectivity index (χ4n) is 2.02. The van der Waals surface area contributed by atoms with Crippen molar-refractivity contribution in [1.29, 1.82) is 0 Å². The van der Waals surface area contributed by atoms with Crippen molar-refractivity contribution < 1.29 is 4.39 Å². The maximum absolute atomic E-state index is 13.7. The average molecular weight is 238 g/mol. The van der Waals surface area contributed by atoms with Crippen molar-refractivity contribution in [3.63, 3.8) is 0 Å². The highest BCUT2D eigenvalue weighted by atomic mass is 19.1. The molecule has 0 atom stereocenters. The first-order valence-corrected chi connectivity index (χ1v) is 6.41. The van der Waals surface area contributed by atoms with E-state index in [4.69, 9.17) is 5.73 Å². The topological polar surface area (TPSA) is 29.3 Å². The summed E-state index contributed by atoms with van der Waals surface area (Å²) in [6.07, 6.45) is 2.19. The fourth-order valence-corrected chi connectivity index (χ4v) is 2.02. The molecule has 1 aromatic carbocycles. The Labute approximate surface area is 104 Å². The Bertz CT molecular complexity index is 333. The summed E-state index contributed by atoms with van der Waals surface area (Å²) in [6.45, 7) is 7.47. The van der Waals surface area contributed by atoms with Crippen LogP contribution in [-0.2, 0) is 13.1 Å². The molecule has 17 heavy (non-hydrogen) atoms. The van der Waals surface area contributed by atoms with E-state index in [2.05, 4.69) is 18.7 Å². The molecule has 0 bridgehead atoms. The van der Waals surface area contributed by atoms with Gasteiger partial charge in [0.15, 0.2) is 0 Å². The Morgan fingerprint density at radius 1 is 1.18 bits per heavy atom. The molecular formula is C14H23FN2. The maximum atomic E-state index is 13.7. The van der Waals surface area contributed by atoms with E-state index in [0.29, 0.717) is 13.1 Å². The Morgan fingerprint density at radius 2 is 1.82 bits per heavy atom. The molecule has 3 heteroatoms. The molecule has 2 N–H and O–H groups in total. The minimum Gasteiger partial charge on any atom is -0.326 e. The number of nitrogens with zero attached hydrogens (tertiary/aromatic N) is 1. The highest BCUT2D eigenvalue weighted by Crippen LogP contribution is 2.13. The van der Waals surface area contributed by atoms with Gasteiger partial charge in [-0.25, -0.2) is 4.39 Å². The third-order valence-electron chi connectivity index (χ3n) is 2.82. The van der Waals surface area contributed by atoms with Crippen molar-refractivity contribution in [2.45, 2.75) is 39.8 Å². The van der Waals surface area contributed by atoms with Crippen LogP contribution in [0.25, 0.3) is 0 Å². The summed E-state index contributed by atoms with van der Waals surface area (Å²) >= 11 is 0. The minimum absolute atomic E-state index is 0.126. The van der Waals surface area contributed by atoms with Crippen LogP contribution in [0, 0.1) is 5.82 Å². The molecule has 2 nitrogen and oxygen atoms in total. The summed E-state index contributed by atoms with van der Waals surface area (Å²) in [5.74, 6) is -0.126. The first-order valence-electron chi connectivity index (χ1n) is 6.41. The van der Waals surface area contributed by atoms with E-state index in [1.165, 1.54) is 6.07 Å². The SMILES string of the molecule is CCCN(CCC)Cc1cc(CN)ccc1F.